The SMILES string of the molecule is COc1ccc2cc([C@H](C)C(=O)OCC(=O)c3ccc4c(c3)CC(=O)N4)ccc2c1. The number of carbonyl (C=O) groups is 3. The van der Waals surface area contributed by atoms with Gasteiger partial charge in [0.25, 0.3) is 0 Å². The third-order valence-corrected chi connectivity index (χ3v) is 5.32. The van der Waals surface area contributed by atoms with Crippen LogP contribution in [-0.4, -0.2) is 31.4 Å². The number of carbonyl (C=O) groups excluding carboxylic acids is 3. The molecule has 0 radical (unpaired) electrons. The lowest BCUT2D eigenvalue weighted by atomic mass is 9.98. The van der Waals surface area contributed by atoms with Gasteiger partial charge in [-0.05, 0) is 59.2 Å². The maximum atomic E-state index is 12.5. The molecule has 3 aromatic carbocycles. The van der Waals surface area contributed by atoms with Crippen LogP contribution in [0.4, 0.5) is 5.69 Å². The average Bonchev–Trinajstić information content (AvgIpc) is 3.15. The highest BCUT2D eigenvalue weighted by Gasteiger charge is 2.21. The summed E-state index contributed by atoms with van der Waals surface area (Å²) in [5.41, 5.74) is 2.73. The summed E-state index contributed by atoms with van der Waals surface area (Å²) in [5.74, 6) is -0.597. The Morgan fingerprint density at radius 1 is 1.03 bits per heavy atom. The van der Waals surface area contributed by atoms with Crippen molar-refractivity contribution < 1.29 is 23.9 Å². The van der Waals surface area contributed by atoms with E-state index in [9.17, 15) is 14.4 Å². The number of nitrogens with one attached hydrogen (secondary N) is 1. The number of esters is 1. The van der Waals surface area contributed by atoms with Crippen LogP contribution in [0.5, 0.6) is 5.75 Å². The molecule has 0 saturated heterocycles. The van der Waals surface area contributed by atoms with E-state index in [1.807, 2.05) is 36.4 Å². The first kappa shape index (κ1) is 19.6. The number of ether oxygens (including phenoxy) is 2. The minimum absolute atomic E-state index is 0.0938. The predicted molar refractivity (Wildman–Crippen MR) is 113 cm³/mol. The molecule has 0 unspecified atom stereocenters. The molecule has 6 heteroatoms. The summed E-state index contributed by atoms with van der Waals surface area (Å²) in [7, 11) is 1.62. The van der Waals surface area contributed by atoms with E-state index in [1.54, 1.807) is 32.2 Å². The van der Waals surface area contributed by atoms with Crippen LogP contribution in [0, 0.1) is 0 Å². The first-order chi connectivity index (χ1) is 14.4. The number of methoxy groups -OCH3 is 1. The van der Waals surface area contributed by atoms with Gasteiger partial charge in [-0.1, -0.05) is 24.3 Å². The molecular weight excluding hydrogens is 382 g/mol. The van der Waals surface area contributed by atoms with Crippen LogP contribution < -0.4 is 10.1 Å². The normalized spacial score (nSPS) is 13.5. The number of benzene rings is 3. The van der Waals surface area contributed by atoms with Crippen molar-refractivity contribution in [1.82, 2.24) is 0 Å². The number of anilines is 1. The zero-order valence-corrected chi connectivity index (χ0v) is 16.7. The van der Waals surface area contributed by atoms with Gasteiger partial charge in [-0.3, -0.25) is 14.4 Å². The van der Waals surface area contributed by atoms with Crippen molar-refractivity contribution in [3.8, 4) is 5.75 Å². The second-order valence-corrected chi connectivity index (χ2v) is 7.32. The number of amides is 1. The van der Waals surface area contributed by atoms with E-state index in [0.717, 1.165) is 33.3 Å². The minimum Gasteiger partial charge on any atom is -0.497 e. The molecule has 0 spiro atoms. The highest BCUT2D eigenvalue weighted by atomic mass is 16.5. The Labute approximate surface area is 173 Å². The van der Waals surface area contributed by atoms with Gasteiger partial charge in [-0.25, -0.2) is 0 Å². The monoisotopic (exact) mass is 403 g/mol. The van der Waals surface area contributed by atoms with Crippen LogP contribution in [-0.2, 0) is 20.7 Å². The zero-order valence-electron chi connectivity index (χ0n) is 16.7. The highest BCUT2D eigenvalue weighted by Crippen LogP contribution is 2.26. The summed E-state index contributed by atoms with van der Waals surface area (Å²) < 4.78 is 10.5. The van der Waals surface area contributed by atoms with E-state index >= 15 is 0 Å². The van der Waals surface area contributed by atoms with Crippen molar-refractivity contribution >= 4 is 34.1 Å². The maximum Gasteiger partial charge on any atom is 0.313 e. The molecule has 0 fully saturated rings. The van der Waals surface area contributed by atoms with E-state index in [2.05, 4.69) is 5.32 Å². The van der Waals surface area contributed by atoms with Crippen molar-refractivity contribution in [3.05, 3.63) is 71.3 Å². The lowest BCUT2D eigenvalue weighted by molar-refractivity contribution is -0.143. The number of hydrogen-bond donors (Lipinski definition) is 1. The highest BCUT2D eigenvalue weighted by molar-refractivity contribution is 6.03. The summed E-state index contributed by atoms with van der Waals surface area (Å²) in [4.78, 5) is 36.4. The molecule has 1 atom stereocenters. The van der Waals surface area contributed by atoms with Gasteiger partial charge in [0.15, 0.2) is 12.4 Å². The summed E-state index contributed by atoms with van der Waals surface area (Å²) in [6.07, 6.45) is 0.251. The van der Waals surface area contributed by atoms with Gasteiger partial charge in [0.2, 0.25) is 5.91 Å². The van der Waals surface area contributed by atoms with Crippen molar-refractivity contribution in [3.63, 3.8) is 0 Å². The first-order valence-corrected chi connectivity index (χ1v) is 9.65. The van der Waals surface area contributed by atoms with Crippen LogP contribution in [0.25, 0.3) is 10.8 Å². The summed E-state index contributed by atoms with van der Waals surface area (Å²) in [6, 6.07) is 16.5. The minimum atomic E-state index is -0.508. The molecule has 0 bridgehead atoms. The fourth-order valence-electron chi connectivity index (χ4n) is 3.52. The molecular formula is C24H21NO5. The summed E-state index contributed by atoms with van der Waals surface area (Å²) >= 11 is 0. The van der Waals surface area contributed by atoms with Gasteiger partial charge in [-0.15, -0.1) is 0 Å². The molecule has 0 aromatic heterocycles. The van der Waals surface area contributed by atoms with Crippen molar-refractivity contribution in [2.24, 2.45) is 0 Å². The summed E-state index contributed by atoms with van der Waals surface area (Å²) in [5, 5.41) is 4.73. The molecule has 30 heavy (non-hydrogen) atoms. The van der Waals surface area contributed by atoms with Gasteiger partial charge in [0, 0.05) is 11.3 Å². The second-order valence-electron chi connectivity index (χ2n) is 7.32. The zero-order chi connectivity index (χ0) is 21.3. The molecule has 1 amide bonds. The third kappa shape index (κ3) is 3.89. The second kappa shape index (κ2) is 7.99. The standard InChI is InChI=1S/C24H21NO5/c1-14(15-3-4-17-11-20(29-2)7-5-16(17)9-15)24(28)30-13-22(26)18-6-8-21-19(10-18)12-23(27)25-21/h3-11,14H,12-13H2,1-2H3,(H,25,27)/t14-/m0/s1. The largest absolute Gasteiger partial charge is 0.497 e. The quantitative estimate of drug-likeness (QED) is 0.499. The van der Waals surface area contributed by atoms with Gasteiger partial charge >= 0.3 is 5.97 Å². The number of fused-ring (bicyclic) bond motifs is 2. The van der Waals surface area contributed by atoms with Gasteiger partial charge in [-0.2, -0.15) is 0 Å². The first-order valence-electron chi connectivity index (χ1n) is 9.65. The molecule has 0 saturated carbocycles. The van der Waals surface area contributed by atoms with Crippen molar-refractivity contribution in [1.29, 1.82) is 0 Å². The number of hydrogen-bond acceptors (Lipinski definition) is 5. The van der Waals surface area contributed by atoms with E-state index in [0.29, 0.717) is 5.56 Å². The van der Waals surface area contributed by atoms with E-state index < -0.39 is 11.9 Å². The van der Waals surface area contributed by atoms with Crippen molar-refractivity contribution in [2.45, 2.75) is 19.3 Å². The number of Topliss-reactive ketones (excluding diaryl/α,β-unsaturated/α-hetero) is 1. The topological polar surface area (TPSA) is 81.7 Å². The Balaban J connectivity index is 1.41. The Bertz CT molecular complexity index is 1170. The van der Waals surface area contributed by atoms with Gasteiger partial charge in [0.05, 0.1) is 19.4 Å². The Kier molecular flexibility index (Phi) is 5.23. The lowest BCUT2D eigenvalue weighted by Gasteiger charge is -2.13. The fourth-order valence-corrected chi connectivity index (χ4v) is 3.52. The van der Waals surface area contributed by atoms with Crippen LogP contribution in [0.1, 0.15) is 34.3 Å². The van der Waals surface area contributed by atoms with Crippen LogP contribution in [0.3, 0.4) is 0 Å². The molecule has 6 nitrogen and oxygen atoms in total. The van der Waals surface area contributed by atoms with E-state index in [4.69, 9.17) is 9.47 Å². The smallest absolute Gasteiger partial charge is 0.313 e. The molecule has 152 valence electrons. The molecule has 4 rings (SSSR count). The van der Waals surface area contributed by atoms with E-state index in [1.165, 1.54) is 0 Å². The van der Waals surface area contributed by atoms with Gasteiger partial charge < -0.3 is 14.8 Å². The van der Waals surface area contributed by atoms with Crippen molar-refractivity contribution in [2.75, 3.05) is 19.0 Å². The Morgan fingerprint density at radius 3 is 2.60 bits per heavy atom. The predicted octanol–water partition coefficient (Wildman–Crippen LogP) is 3.87. The third-order valence-electron chi connectivity index (χ3n) is 5.32. The van der Waals surface area contributed by atoms with Crippen LogP contribution >= 0.6 is 0 Å². The Hall–Kier alpha value is -3.67. The molecule has 1 N–H and O–H groups in total. The van der Waals surface area contributed by atoms with Crippen LogP contribution in [0.2, 0.25) is 0 Å². The fraction of sp³-hybridized carbons (Fsp3) is 0.208. The molecule has 1 aliphatic heterocycles. The van der Waals surface area contributed by atoms with E-state index in [-0.39, 0.29) is 24.7 Å². The lowest BCUT2D eigenvalue weighted by Crippen LogP contribution is -2.18. The molecule has 1 heterocycles. The maximum absolute atomic E-state index is 12.5. The molecule has 1 aliphatic rings. The Morgan fingerprint density at radius 2 is 1.80 bits per heavy atom. The van der Waals surface area contributed by atoms with Gasteiger partial charge in [0.1, 0.15) is 5.75 Å². The van der Waals surface area contributed by atoms with Crippen LogP contribution in [0.15, 0.2) is 54.6 Å². The number of ketones is 1. The average molecular weight is 403 g/mol. The molecule has 0 aliphatic carbocycles. The molecule has 3 aromatic rings. The summed E-state index contributed by atoms with van der Waals surface area (Å²) in [6.45, 7) is 1.41. The number of rotatable bonds is 6.